The number of carbonyl (C=O) groups excluding carboxylic acids is 2. The first-order valence-corrected chi connectivity index (χ1v) is 12.3. The van der Waals surface area contributed by atoms with Crippen LogP contribution in [0.2, 0.25) is 0 Å². The van der Waals surface area contributed by atoms with Gasteiger partial charge in [0.05, 0.1) is 62.3 Å². The molecule has 15 heteroatoms. The predicted octanol–water partition coefficient (Wildman–Crippen LogP) is 2.13. The van der Waals surface area contributed by atoms with Crippen LogP contribution in [0.4, 0.5) is 10.5 Å². The molecule has 4 N–H and O–H groups in total. The first-order chi connectivity index (χ1) is 19.6. The minimum Gasteiger partial charge on any atom is -0.493 e. The molecule has 0 unspecified atom stereocenters. The fraction of sp³-hybridized carbons (Fsp3) is 0.346. The average molecular weight is 574 g/mol. The third-order valence-corrected chi connectivity index (χ3v) is 5.83. The number of nitrogens with zero attached hydrogens (tertiary/aromatic N) is 2. The van der Waals surface area contributed by atoms with E-state index in [4.69, 9.17) is 23.7 Å². The predicted molar refractivity (Wildman–Crippen MR) is 145 cm³/mol. The number of nitro benzene ring substituents is 1. The van der Waals surface area contributed by atoms with Gasteiger partial charge < -0.3 is 39.4 Å². The van der Waals surface area contributed by atoms with E-state index in [9.17, 15) is 24.8 Å². The number of methoxy groups -OCH3 is 3. The number of carbonyl (C=O) groups is 2. The third kappa shape index (κ3) is 7.33. The second-order valence-electron chi connectivity index (χ2n) is 8.44. The first-order valence-electron chi connectivity index (χ1n) is 12.3. The standard InChI is InChI=1S/C26H31N5O10/c1-6-40-21-9-15(24-23(25(33)39-5)14(2)28-26(34)29-24)7-8-18(21)41-13-22(32)30-27-12-16-10-19(37-3)20(38-4)11-17(16)31(35)36/h7-12,22,24,30,32H,6,13H2,1-5H3,(H2,28,29,34)/b27-12-/t22-,24-/m1/s1. The number of rotatable bonds is 13. The smallest absolute Gasteiger partial charge is 0.337 e. The second-order valence-corrected chi connectivity index (χ2v) is 8.44. The van der Waals surface area contributed by atoms with Gasteiger partial charge in [-0.25, -0.2) is 9.59 Å². The van der Waals surface area contributed by atoms with Crippen molar-refractivity contribution in [3.05, 3.63) is 62.8 Å². The lowest BCUT2D eigenvalue weighted by atomic mass is 9.95. The summed E-state index contributed by atoms with van der Waals surface area (Å²) < 4.78 is 26.5. The molecule has 3 rings (SSSR count). The third-order valence-electron chi connectivity index (χ3n) is 5.83. The molecule has 15 nitrogen and oxygen atoms in total. The number of benzene rings is 2. The van der Waals surface area contributed by atoms with Crippen LogP contribution in [0, 0.1) is 10.1 Å². The Morgan fingerprint density at radius 2 is 1.85 bits per heavy atom. The fourth-order valence-electron chi connectivity index (χ4n) is 3.96. The molecular formula is C26H31N5O10. The maximum absolute atomic E-state index is 12.4. The highest BCUT2D eigenvalue weighted by Crippen LogP contribution is 2.35. The summed E-state index contributed by atoms with van der Waals surface area (Å²) in [5.74, 6) is 0.423. The van der Waals surface area contributed by atoms with Crippen molar-refractivity contribution in [1.29, 1.82) is 0 Å². The number of ether oxygens (including phenoxy) is 5. The molecule has 1 aliphatic rings. The molecule has 1 heterocycles. The lowest BCUT2D eigenvalue weighted by molar-refractivity contribution is -0.385. The number of esters is 1. The molecule has 220 valence electrons. The van der Waals surface area contributed by atoms with Crippen LogP contribution in [0.3, 0.4) is 0 Å². The Hall–Kier alpha value is -5.05. The zero-order valence-corrected chi connectivity index (χ0v) is 23.0. The van der Waals surface area contributed by atoms with Crippen molar-refractivity contribution in [3.8, 4) is 23.0 Å². The molecule has 1 aliphatic heterocycles. The van der Waals surface area contributed by atoms with Crippen molar-refractivity contribution < 1.29 is 43.3 Å². The molecule has 0 saturated carbocycles. The van der Waals surface area contributed by atoms with Gasteiger partial charge in [0.2, 0.25) is 0 Å². The van der Waals surface area contributed by atoms with Crippen LogP contribution in [0.5, 0.6) is 23.0 Å². The summed E-state index contributed by atoms with van der Waals surface area (Å²) in [7, 11) is 4.00. The number of aliphatic hydroxyl groups is 1. The van der Waals surface area contributed by atoms with Crippen LogP contribution in [-0.2, 0) is 9.53 Å². The summed E-state index contributed by atoms with van der Waals surface area (Å²) in [4.78, 5) is 35.4. The fourth-order valence-corrected chi connectivity index (χ4v) is 3.96. The van der Waals surface area contributed by atoms with Gasteiger partial charge in [0.1, 0.15) is 6.61 Å². The molecular weight excluding hydrogens is 542 g/mol. The van der Waals surface area contributed by atoms with Crippen molar-refractivity contribution in [3.63, 3.8) is 0 Å². The zero-order chi connectivity index (χ0) is 30.1. The summed E-state index contributed by atoms with van der Waals surface area (Å²) >= 11 is 0. The number of hydrogen-bond donors (Lipinski definition) is 4. The summed E-state index contributed by atoms with van der Waals surface area (Å²) in [6.07, 6.45) is -0.148. The van der Waals surface area contributed by atoms with Crippen molar-refractivity contribution in [2.75, 3.05) is 34.5 Å². The van der Waals surface area contributed by atoms with Crippen molar-refractivity contribution >= 4 is 23.9 Å². The maximum Gasteiger partial charge on any atom is 0.337 e. The number of hydrogen-bond acceptors (Lipinski definition) is 12. The molecule has 0 spiro atoms. The van der Waals surface area contributed by atoms with Crippen LogP contribution in [0.25, 0.3) is 0 Å². The average Bonchev–Trinajstić information content (AvgIpc) is 2.95. The van der Waals surface area contributed by atoms with E-state index in [1.165, 1.54) is 33.5 Å². The molecule has 0 fully saturated rings. The van der Waals surface area contributed by atoms with E-state index in [0.717, 1.165) is 6.21 Å². The topological polar surface area (TPSA) is 192 Å². The van der Waals surface area contributed by atoms with Crippen LogP contribution < -0.4 is 35.0 Å². The first kappa shape index (κ1) is 30.5. The van der Waals surface area contributed by atoms with Crippen LogP contribution >= 0.6 is 0 Å². The van der Waals surface area contributed by atoms with Crippen LogP contribution in [-0.4, -0.2) is 69.0 Å². The Morgan fingerprint density at radius 1 is 1.15 bits per heavy atom. The van der Waals surface area contributed by atoms with E-state index in [1.807, 2.05) is 0 Å². The molecule has 2 aromatic rings. The number of allylic oxidation sites excluding steroid dienone is 1. The molecule has 2 aromatic carbocycles. The van der Waals surface area contributed by atoms with Gasteiger partial charge in [-0.3, -0.25) is 15.5 Å². The van der Waals surface area contributed by atoms with Crippen LogP contribution in [0.15, 0.2) is 46.7 Å². The minimum absolute atomic E-state index is 0.114. The van der Waals surface area contributed by atoms with Gasteiger partial charge in [-0.15, -0.1) is 0 Å². The van der Waals surface area contributed by atoms with E-state index in [2.05, 4.69) is 21.2 Å². The van der Waals surface area contributed by atoms with Gasteiger partial charge in [0, 0.05) is 5.70 Å². The quantitative estimate of drug-likeness (QED) is 0.0902. The van der Waals surface area contributed by atoms with Gasteiger partial charge >= 0.3 is 12.0 Å². The van der Waals surface area contributed by atoms with Crippen molar-refractivity contribution in [1.82, 2.24) is 16.1 Å². The summed E-state index contributed by atoms with van der Waals surface area (Å²) in [5, 5.41) is 30.9. The van der Waals surface area contributed by atoms with E-state index in [0.29, 0.717) is 17.0 Å². The van der Waals surface area contributed by atoms with Gasteiger partial charge in [-0.2, -0.15) is 5.10 Å². The number of hydrazone groups is 1. The van der Waals surface area contributed by atoms with E-state index >= 15 is 0 Å². The van der Waals surface area contributed by atoms with E-state index < -0.39 is 29.2 Å². The Kier molecular flexibility index (Phi) is 10.3. The summed E-state index contributed by atoms with van der Waals surface area (Å²) in [6, 6.07) is 6.13. The van der Waals surface area contributed by atoms with Crippen molar-refractivity contribution in [2.45, 2.75) is 26.1 Å². The minimum atomic E-state index is -1.31. The molecule has 0 saturated heterocycles. The number of amides is 2. The molecule has 0 bridgehead atoms. The van der Waals surface area contributed by atoms with Crippen LogP contribution in [0.1, 0.15) is 31.0 Å². The van der Waals surface area contributed by atoms with Gasteiger partial charge in [0.15, 0.2) is 29.2 Å². The normalized spacial score (nSPS) is 15.5. The molecule has 2 amide bonds. The molecule has 0 radical (unpaired) electrons. The Bertz CT molecular complexity index is 1360. The largest absolute Gasteiger partial charge is 0.493 e. The molecule has 41 heavy (non-hydrogen) atoms. The maximum atomic E-state index is 12.4. The lowest BCUT2D eigenvalue weighted by Gasteiger charge is -2.28. The van der Waals surface area contributed by atoms with Gasteiger partial charge in [0.25, 0.3) is 5.69 Å². The Morgan fingerprint density at radius 3 is 2.49 bits per heavy atom. The van der Waals surface area contributed by atoms with E-state index in [-0.39, 0.29) is 47.3 Å². The molecule has 0 aromatic heterocycles. The van der Waals surface area contributed by atoms with Gasteiger partial charge in [-0.1, -0.05) is 6.07 Å². The Labute approximate surface area is 235 Å². The molecule has 0 aliphatic carbocycles. The Balaban J connectivity index is 1.74. The zero-order valence-electron chi connectivity index (χ0n) is 23.0. The van der Waals surface area contributed by atoms with Gasteiger partial charge in [-0.05, 0) is 37.6 Å². The number of urea groups is 1. The number of aliphatic hydroxyl groups excluding tert-OH is 1. The van der Waals surface area contributed by atoms with E-state index in [1.54, 1.807) is 32.0 Å². The highest BCUT2D eigenvalue weighted by atomic mass is 16.6. The highest BCUT2D eigenvalue weighted by molar-refractivity contribution is 5.95. The lowest BCUT2D eigenvalue weighted by Crippen LogP contribution is -2.45. The van der Waals surface area contributed by atoms with Crippen molar-refractivity contribution in [2.24, 2.45) is 5.10 Å². The second kappa shape index (κ2) is 13.8. The summed E-state index contributed by atoms with van der Waals surface area (Å²) in [6.45, 7) is 3.37. The number of nitro groups is 1. The SMILES string of the molecule is CCOc1cc([C@H]2NC(=O)NC(C)=C2C(=O)OC)ccc1OC[C@@H](O)N/N=C\c1cc(OC)c(OC)cc1[N+](=O)[O-]. The monoisotopic (exact) mass is 573 g/mol. The number of nitrogens with one attached hydrogen (secondary N) is 3. The molecule has 2 atom stereocenters. The highest BCUT2D eigenvalue weighted by Gasteiger charge is 2.32. The summed E-state index contributed by atoms with van der Waals surface area (Å²) in [5.41, 5.74) is 3.40.